The normalized spacial score (nSPS) is 10.7. The predicted molar refractivity (Wildman–Crippen MR) is 83.7 cm³/mol. The number of aryl methyl sites for hydroxylation is 2. The van der Waals surface area contributed by atoms with Crippen molar-refractivity contribution in [3.63, 3.8) is 0 Å². The van der Waals surface area contributed by atoms with Crippen LogP contribution < -0.4 is 10.6 Å². The van der Waals surface area contributed by atoms with E-state index in [2.05, 4.69) is 27.6 Å². The van der Waals surface area contributed by atoms with Gasteiger partial charge < -0.3 is 10.6 Å². The average molecular weight is 314 g/mol. The molecule has 0 saturated carbocycles. The molecule has 0 amide bonds. The van der Waals surface area contributed by atoms with E-state index in [0.717, 1.165) is 17.7 Å². The summed E-state index contributed by atoms with van der Waals surface area (Å²) in [5.74, 6) is 1.20. The fraction of sp³-hybridized carbons (Fsp3) is 0.385. The van der Waals surface area contributed by atoms with E-state index in [1.165, 1.54) is 0 Å². The first kappa shape index (κ1) is 14.9. The molecule has 0 aromatic carbocycles. The highest BCUT2D eigenvalue weighted by Crippen LogP contribution is 2.29. The van der Waals surface area contributed by atoms with E-state index in [1.807, 2.05) is 17.9 Å². The first-order valence-electron chi connectivity index (χ1n) is 6.34. The average Bonchev–Trinajstić information content (AvgIpc) is 2.78. The van der Waals surface area contributed by atoms with Gasteiger partial charge in [0.05, 0.1) is 15.7 Å². The quantitative estimate of drug-likeness (QED) is 0.889. The van der Waals surface area contributed by atoms with Gasteiger partial charge in [-0.15, -0.1) is 0 Å². The van der Waals surface area contributed by atoms with Crippen molar-refractivity contribution in [1.29, 1.82) is 0 Å². The van der Waals surface area contributed by atoms with Crippen LogP contribution in [0.4, 0.5) is 11.6 Å². The summed E-state index contributed by atoms with van der Waals surface area (Å²) in [6.45, 7) is 2.70. The molecular weight excluding hydrogens is 297 g/mol. The van der Waals surface area contributed by atoms with Crippen molar-refractivity contribution in [1.82, 2.24) is 14.8 Å². The summed E-state index contributed by atoms with van der Waals surface area (Å²) in [4.78, 5) is 4.35. The Hall–Kier alpha value is -1.46. The van der Waals surface area contributed by atoms with Crippen LogP contribution >= 0.6 is 23.2 Å². The molecule has 2 aromatic heterocycles. The molecule has 0 fully saturated rings. The molecule has 0 spiro atoms. The van der Waals surface area contributed by atoms with Crippen LogP contribution in [0.2, 0.25) is 10.0 Å². The Morgan fingerprint density at radius 1 is 1.25 bits per heavy atom. The Bertz CT molecular complexity index is 609. The van der Waals surface area contributed by atoms with Crippen molar-refractivity contribution < 1.29 is 0 Å². The number of nitrogens with zero attached hydrogens (tertiary/aromatic N) is 3. The van der Waals surface area contributed by atoms with Crippen molar-refractivity contribution in [2.75, 3.05) is 17.7 Å². The van der Waals surface area contributed by atoms with Crippen molar-refractivity contribution >= 4 is 34.8 Å². The molecule has 7 heteroatoms. The first-order valence-corrected chi connectivity index (χ1v) is 7.09. The molecule has 5 nitrogen and oxygen atoms in total. The third kappa shape index (κ3) is 3.16. The molecule has 2 heterocycles. The van der Waals surface area contributed by atoms with E-state index in [1.54, 1.807) is 13.1 Å². The molecular formula is C13H17Cl2N5. The second-order valence-electron chi connectivity index (χ2n) is 4.38. The van der Waals surface area contributed by atoms with Crippen LogP contribution in [0.25, 0.3) is 0 Å². The second-order valence-corrected chi connectivity index (χ2v) is 5.20. The van der Waals surface area contributed by atoms with Crippen LogP contribution in [0.3, 0.4) is 0 Å². The molecule has 2 rings (SSSR count). The van der Waals surface area contributed by atoms with Crippen LogP contribution in [0.1, 0.15) is 18.2 Å². The summed E-state index contributed by atoms with van der Waals surface area (Å²) >= 11 is 12.2. The maximum absolute atomic E-state index is 6.15. The fourth-order valence-electron chi connectivity index (χ4n) is 1.97. The summed E-state index contributed by atoms with van der Waals surface area (Å²) < 4.78 is 1.81. The topological polar surface area (TPSA) is 54.8 Å². The number of pyridine rings is 1. The Morgan fingerprint density at radius 3 is 2.60 bits per heavy atom. The van der Waals surface area contributed by atoms with Gasteiger partial charge in [0, 0.05) is 32.4 Å². The van der Waals surface area contributed by atoms with Crippen LogP contribution in [-0.4, -0.2) is 21.8 Å². The zero-order valence-corrected chi connectivity index (χ0v) is 13.2. The lowest BCUT2D eigenvalue weighted by Gasteiger charge is -2.10. The number of aromatic nitrogens is 3. The van der Waals surface area contributed by atoms with Crippen LogP contribution in [0, 0.1) is 0 Å². The lowest BCUT2D eigenvalue weighted by molar-refractivity contribution is 0.746. The fourth-order valence-corrected chi connectivity index (χ4v) is 2.49. The van der Waals surface area contributed by atoms with Crippen LogP contribution in [0.15, 0.2) is 12.3 Å². The van der Waals surface area contributed by atoms with Crippen molar-refractivity contribution in [2.45, 2.75) is 19.9 Å². The molecule has 0 atom stereocenters. The molecule has 108 valence electrons. The molecule has 20 heavy (non-hydrogen) atoms. The van der Waals surface area contributed by atoms with Crippen molar-refractivity contribution in [3.05, 3.63) is 33.6 Å². The summed E-state index contributed by atoms with van der Waals surface area (Å²) in [5, 5.41) is 11.6. The number of halogens is 2. The zero-order valence-electron chi connectivity index (χ0n) is 11.7. The van der Waals surface area contributed by atoms with Gasteiger partial charge in [0.1, 0.15) is 11.6 Å². The third-order valence-electron chi connectivity index (χ3n) is 2.94. The molecule has 2 N–H and O–H groups in total. The molecule has 2 aromatic rings. The Morgan fingerprint density at radius 2 is 1.95 bits per heavy atom. The number of hydrogen-bond donors (Lipinski definition) is 2. The number of rotatable bonds is 5. The van der Waals surface area contributed by atoms with E-state index >= 15 is 0 Å². The van der Waals surface area contributed by atoms with E-state index in [4.69, 9.17) is 23.2 Å². The molecule has 0 radical (unpaired) electrons. The molecule has 0 saturated heterocycles. The van der Waals surface area contributed by atoms with Crippen LogP contribution in [-0.2, 0) is 20.0 Å². The van der Waals surface area contributed by atoms with Gasteiger partial charge in [-0.25, -0.2) is 4.98 Å². The number of anilines is 2. The summed E-state index contributed by atoms with van der Waals surface area (Å²) in [5.41, 5.74) is 2.20. The van der Waals surface area contributed by atoms with Crippen LogP contribution in [0.5, 0.6) is 0 Å². The highest BCUT2D eigenvalue weighted by atomic mass is 35.5. The van der Waals surface area contributed by atoms with Crippen molar-refractivity contribution in [2.24, 2.45) is 7.05 Å². The molecule has 0 aliphatic carbocycles. The molecule has 0 aliphatic rings. The summed E-state index contributed by atoms with van der Waals surface area (Å²) in [7, 11) is 3.68. The van der Waals surface area contributed by atoms with Gasteiger partial charge in [0.25, 0.3) is 0 Å². The van der Waals surface area contributed by atoms with E-state index in [0.29, 0.717) is 28.2 Å². The molecule has 0 aliphatic heterocycles. The highest BCUT2D eigenvalue weighted by molar-refractivity contribution is 6.37. The maximum atomic E-state index is 6.15. The van der Waals surface area contributed by atoms with Gasteiger partial charge >= 0.3 is 0 Å². The van der Waals surface area contributed by atoms with Gasteiger partial charge in [-0.2, -0.15) is 5.10 Å². The van der Waals surface area contributed by atoms with E-state index in [-0.39, 0.29) is 0 Å². The van der Waals surface area contributed by atoms with Gasteiger partial charge in [0.2, 0.25) is 0 Å². The zero-order chi connectivity index (χ0) is 14.7. The summed E-state index contributed by atoms with van der Waals surface area (Å²) in [6.07, 6.45) is 2.88. The van der Waals surface area contributed by atoms with Crippen molar-refractivity contribution in [3.8, 4) is 0 Å². The minimum atomic E-state index is 0.496. The SMILES string of the molecule is CCc1nn(C)cc1CNc1nc(NC)c(Cl)cc1Cl. The highest BCUT2D eigenvalue weighted by Gasteiger charge is 2.10. The lowest BCUT2D eigenvalue weighted by atomic mass is 10.2. The minimum Gasteiger partial charge on any atom is -0.372 e. The monoisotopic (exact) mass is 313 g/mol. The van der Waals surface area contributed by atoms with Gasteiger partial charge in [-0.1, -0.05) is 30.1 Å². The Labute approximate surface area is 128 Å². The standard InChI is InChI=1S/C13H17Cl2N5/c1-4-11-8(7-20(3)19-11)6-17-13-10(15)5-9(14)12(16-2)18-13/h5,7H,4,6H2,1-3H3,(H2,16,17,18). The smallest absolute Gasteiger partial charge is 0.147 e. The van der Waals surface area contributed by atoms with Gasteiger partial charge in [0.15, 0.2) is 0 Å². The minimum absolute atomic E-state index is 0.496. The number of nitrogens with one attached hydrogen (secondary N) is 2. The Kier molecular flexibility index (Phi) is 4.73. The number of hydrogen-bond acceptors (Lipinski definition) is 4. The summed E-state index contributed by atoms with van der Waals surface area (Å²) in [6, 6.07) is 1.67. The molecule has 0 bridgehead atoms. The molecule has 0 unspecified atom stereocenters. The Balaban J connectivity index is 2.18. The largest absolute Gasteiger partial charge is 0.372 e. The maximum Gasteiger partial charge on any atom is 0.147 e. The first-order chi connectivity index (χ1) is 9.55. The van der Waals surface area contributed by atoms with E-state index < -0.39 is 0 Å². The second kappa shape index (κ2) is 6.33. The van der Waals surface area contributed by atoms with Gasteiger partial charge in [-0.05, 0) is 12.5 Å². The predicted octanol–water partition coefficient (Wildman–Crippen LogP) is 3.34. The van der Waals surface area contributed by atoms with E-state index in [9.17, 15) is 0 Å². The van der Waals surface area contributed by atoms with Gasteiger partial charge in [-0.3, -0.25) is 4.68 Å². The lowest BCUT2D eigenvalue weighted by Crippen LogP contribution is -2.05. The third-order valence-corrected chi connectivity index (χ3v) is 3.52.